The van der Waals surface area contributed by atoms with Crippen LogP contribution in [0.25, 0.3) is 10.8 Å². The van der Waals surface area contributed by atoms with Crippen molar-refractivity contribution >= 4 is 22.5 Å². The molecule has 1 amide bonds. The van der Waals surface area contributed by atoms with Crippen molar-refractivity contribution in [3.63, 3.8) is 0 Å². The molecule has 0 aliphatic rings. The summed E-state index contributed by atoms with van der Waals surface area (Å²) in [6.45, 7) is 2.31. The van der Waals surface area contributed by atoms with Gasteiger partial charge in [-0.2, -0.15) is 5.10 Å². The molecule has 5 rings (SSSR count). The first-order valence-corrected chi connectivity index (χ1v) is 10.9. The second-order valence-electron chi connectivity index (χ2n) is 7.91. The van der Waals surface area contributed by atoms with Crippen LogP contribution in [0.2, 0.25) is 0 Å². The molecule has 3 aromatic carbocycles. The van der Waals surface area contributed by atoms with Crippen molar-refractivity contribution in [1.82, 2.24) is 9.78 Å². The molecule has 0 atom stereocenters. The number of furan rings is 1. The Morgan fingerprint density at radius 1 is 1.03 bits per heavy atom. The van der Waals surface area contributed by atoms with Crippen molar-refractivity contribution in [2.45, 2.75) is 20.1 Å². The maximum absolute atomic E-state index is 14.0. The monoisotopic (exact) mass is 455 g/mol. The van der Waals surface area contributed by atoms with Crippen molar-refractivity contribution in [2.75, 3.05) is 5.32 Å². The van der Waals surface area contributed by atoms with Crippen LogP contribution in [0.15, 0.2) is 89.3 Å². The number of benzene rings is 3. The minimum absolute atomic E-state index is 0.151. The van der Waals surface area contributed by atoms with Crippen LogP contribution in [0.5, 0.6) is 5.75 Å². The third-order valence-electron chi connectivity index (χ3n) is 5.51. The highest BCUT2D eigenvalue weighted by Gasteiger charge is 2.15. The average Bonchev–Trinajstić information content (AvgIpc) is 3.45. The van der Waals surface area contributed by atoms with E-state index < -0.39 is 5.91 Å². The van der Waals surface area contributed by atoms with Gasteiger partial charge >= 0.3 is 0 Å². The molecule has 0 spiro atoms. The maximum atomic E-state index is 14.0. The highest BCUT2D eigenvalue weighted by atomic mass is 19.1. The fourth-order valence-corrected chi connectivity index (χ4v) is 3.75. The van der Waals surface area contributed by atoms with Crippen LogP contribution in [0.3, 0.4) is 0 Å². The second kappa shape index (κ2) is 9.23. The number of fused-ring (bicyclic) bond motifs is 1. The molecule has 34 heavy (non-hydrogen) atoms. The van der Waals surface area contributed by atoms with Crippen molar-refractivity contribution in [1.29, 1.82) is 0 Å². The van der Waals surface area contributed by atoms with Crippen molar-refractivity contribution in [2.24, 2.45) is 0 Å². The molecular formula is C27H22FN3O3. The summed E-state index contributed by atoms with van der Waals surface area (Å²) in [5, 5.41) is 9.20. The van der Waals surface area contributed by atoms with Gasteiger partial charge in [-0.25, -0.2) is 4.39 Å². The topological polar surface area (TPSA) is 69.3 Å². The number of hydrogen-bond donors (Lipinski definition) is 1. The number of carbonyl (C=O) groups is 1. The van der Waals surface area contributed by atoms with Gasteiger partial charge in [0.15, 0.2) is 11.6 Å². The first-order valence-electron chi connectivity index (χ1n) is 10.9. The van der Waals surface area contributed by atoms with Gasteiger partial charge in [-0.05, 0) is 36.6 Å². The number of hydrogen-bond acceptors (Lipinski definition) is 4. The predicted molar refractivity (Wildman–Crippen MR) is 127 cm³/mol. The lowest BCUT2D eigenvalue weighted by Crippen LogP contribution is -2.12. The van der Waals surface area contributed by atoms with E-state index >= 15 is 0 Å². The number of aromatic nitrogens is 2. The summed E-state index contributed by atoms with van der Waals surface area (Å²) in [7, 11) is 0. The van der Waals surface area contributed by atoms with Crippen molar-refractivity contribution < 1.29 is 18.3 Å². The lowest BCUT2D eigenvalue weighted by molar-refractivity contribution is 0.0992. The van der Waals surface area contributed by atoms with E-state index in [1.54, 1.807) is 41.1 Å². The Bertz CT molecular complexity index is 1470. The van der Waals surface area contributed by atoms with Crippen LogP contribution in [0, 0.1) is 12.7 Å². The number of carbonyl (C=O) groups excluding carboxylic acids is 1. The first-order chi connectivity index (χ1) is 16.6. The Labute approximate surface area is 195 Å². The summed E-state index contributed by atoms with van der Waals surface area (Å²) in [6.07, 6.45) is 0. The lowest BCUT2D eigenvalue weighted by Gasteiger charge is -2.08. The Kier molecular flexibility index (Phi) is 5.82. The Hall–Kier alpha value is -4.39. The van der Waals surface area contributed by atoms with Gasteiger partial charge in [0, 0.05) is 22.7 Å². The van der Waals surface area contributed by atoms with Gasteiger partial charge in [0.25, 0.3) is 5.91 Å². The summed E-state index contributed by atoms with van der Waals surface area (Å²) >= 11 is 0. The molecule has 2 heterocycles. The first kappa shape index (κ1) is 21.5. The van der Waals surface area contributed by atoms with E-state index in [1.807, 2.05) is 49.4 Å². The van der Waals surface area contributed by atoms with Crippen LogP contribution in [-0.2, 0) is 13.2 Å². The van der Waals surface area contributed by atoms with E-state index in [1.165, 1.54) is 6.07 Å². The molecule has 0 aliphatic heterocycles. The van der Waals surface area contributed by atoms with E-state index in [-0.39, 0.29) is 24.7 Å². The van der Waals surface area contributed by atoms with Gasteiger partial charge in [0.05, 0.1) is 6.54 Å². The summed E-state index contributed by atoms with van der Waals surface area (Å²) in [6, 6.07) is 25.4. The van der Waals surface area contributed by atoms with Gasteiger partial charge in [-0.1, -0.05) is 54.6 Å². The summed E-state index contributed by atoms with van der Waals surface area (Å²) in [4.78, 5) is 12.7. The van der Waals surface area contributed by atoms with Crippen molar-refractivity contribution in [3.05, 3.63) is 114 Å². The molecule has 0 aliphatic carbocycles. The minimum Gasteiger partial charge on any atom is -0.485 e. The molecule has 0 saturated carbocycles. The molecule has 6 nitrogen and oxygen atoms in total. The van der Waals surface area contributed by atoms with Gasteiger partial charge in [0.2, 0.25) is 0 Å². The molecule has 0 saturated heterocycles. The molecule has 0 bridgehead atoms. The van der Waals surface area contributed by atoms with E-state index in [2.05, 4.69) is 10.4 Å². The van der Waals surface area contributed by atoms with E-state index in [4.69, 9.17) is 9.15 Å². The van der Waals surface area contributed by atoms with E-state index in [9.17, 15) is 9.18 Å². The number of anilines is 1. The summed E-state index contributed by atoms with van der Waals surface area (Å²) in [5.41, 5.74) is 1.32. The molecule has 5 aromatic rings. The van der Waals surface area contributed by atoms with Crippen molar-refractivity contribution in [3.8, 4) is 5.75 Å². The predicted octanol–water partition coefficient (Wildman–Crippen LogP) is 5.96. The molecule has 1 N–H and O–H groups in total. The van der Waals surface area contributed by atoms with Crippen LogP contribution in [-0.4, -0.2) is 15.7 Å². The SMILES string of the molecule is Cc1cc(NC(=O)c2ccc(COc3cccc4ccccc34)o2)nn1Cc1ccccc1F. The molecule has 0 radical (unpaired) electrons. The van der Waals surface area contributed by atoms with Crippen LogP contribution >= 0.6 is 0 Å². The van der Waals surface area contributed by atoms with Crippen LogP contribution < -0.4 is 10.1 Å². The van der Waals surface area contributed by atoms with Gasteiger partial charge < -0.3 is 14.5 Å². The Morgan fingerprint density at radius 3 is 2.71 bits per heavy atom. The second-order valence-corrected chi connectivity index (χ2v) is 7.91. The smallest absolute Gasteiger partial charge is 0.292 e. The van der Waals surface area contributed by atoms with Gasteiger partial charge in [-0.15, -0.1) is 0 Å². The molecule has 170 valence electrons. The number of ether oxygens (including phenoxy) is 1. The average molecular weight is 455 g/mol. The molecule has 7 heteroatoms. The minimum atomic E-state index is -0.424. The van der Waals surface area contributed by atoms with E-state index in [0.29, 0.717) is 17.1 Å². The highest BCUT2D eigenvalue weighted by Crippen LogP contribution is 2.26. The fourth-order valence-electron chi connectivity index (χ4n) is 3.75. The van der Waals surface area contributed by atoms with Gasteiger partial charge in [-0.3, -0.25) is 9.48 Å². The summed E-state index contributed by atoms with van der Waals surface area (Å²) in [5.74, 6) is 1.07. The third kappa shape index (κ3) is 4.54. The number of nitrogens with zero attached hydrogens (tertiary/aromatic N) is 2. The van der Waals surface area contributed by atoms with E-state index in [0.717, 1.165) is 22.2 Å². The third-order valence-corrected chi connectivity index (χ3v) is 5.51. The van der Waals surface area contributed by atoms with Crippen LogP contribution in [0.1, 0.15) is 27.6 Å². The number of halogens is 1. The molecule has 2 aromatic heterocycles. The quantitative estimate of drug-likeness (QED) is 0.329. The number of rotatable bonds is 7. The zero-order valence-electron chi connectivity index (χ0n) is 18.5. The van der Waals surface area contributed by atoms with Crippen LogP contribution in [0.4, 0.5) is 10.2 Å². The molecule has 0 fully saturated rings. The number of aryl methyl sites for hydroxylation is 1. The Balaban J connectivity index is 1.23. The number of nitrogens with one attached hydrogen (secondary N) is 1. The molecule has 0 unspecified atom stereocenters. The normalized spacial score (nSPS) is 11.0. The fraction of sp³-hybridized carbons (Fsp3) is 0.111. The lowest BCUT2D eigenvalue weighted by atomic mass is 10.1. The standard InChI is InChI=1S/C27H22FN3O3/c1-18-15-26(30-31(18)16-20-8-3-5-11-23(20)28)29-27(32)25-14-13-21(34-25)17-33-24-12-6-9-19-7-2-4-10-22(19)24/h2-15H,16-17H2,1H3,(H,29,30,32). The summed E-state index contributed by atoms with van der Waals surface area (Å²) < 4.78 is 27.2. The molecular weight excluding hydrogens is 433 g/mol. The van der Waals surface area contributed by atoms with Gasteiger partial charge in [0.1, 0.15) is 23.9 Å². The number of amides is 1. The Morgan fingerprint density at radius 2 is 1.82 bits per heavy atom. The largest absolute Gasteiger partial charge is 0.485 e. The zero-order chi connectivity index (χ0) is 23.5. The zero-order valence-corrected chi connectivity index (χ0v) is 18.5. The highest BCUT2D eigenvalue weighted by molar-refractivity contribution is 6.01. The maximum Gasteiger partial charge on any atom is 0.292 e.